The Kier molecular flexibility index (Phi) is 7.64. The second-order valence-electron chi connectivity index (χ2n) is 8.67. The Labute approximate surface area is 207 Å². The number of methoxy groups -OCH3 is 1. The molecule has 0 saturated heterocycles. The van der Waals surface area contributed by atoms with Gasteiger partial charge in [-0.25, -0.2) is 4.79 Å². The minimum absolute atomic E-state index is 0.108. The van der Waals surface area contributed by atoms with Gasteiger partial charge in [-0.3, -0.25) is 0 Å². The minimum Gasteiger partial charge on any atom is -0.497 e. The molecule has 0 radical (unpaired) electrons. The maximum atomic E-state index is 10.9. The van der Waals surface area contributed by atoms with Gasteiger partial charge in [-0.2, -0.15) is 0 Å². The fraction of sp³-hybridized carbons (Fsp3) is 0.194. The molecule has 0 aromatic heterocycles. The molecule has 35 heavy (non-hydrogen) atoms. The van der Waals surface area contributed by atoms with Crippen LogP contribution in [0.4, 0.5) is 0 Å². The molecule has 1 unspecified atom stereocenters. The van der Waals surface area contributed by atoms with E-state index >= 15 is 0 Å². The van der Waals surface area contributed by atoms with Crippen molar-refractivity contribution in [3.63, 3.8) is 0 Å². The molecule has 0 aliphatic heterocycles. The van der Waals surface area contributed by atoms with E-state index < -0.39 is 5.97 Å². The van der Waals surface area contributed by atoms with Crippen LogP contribution in [-0.4, -0.2) is 24.2 Å². The molecule has 1 aliphatic carbocycles. The van der Waals surface area contributed by atoms with Gasteiger partial charge in [0.25, 0.3) is 0 Å². The van der Waals surface area contributed by atoms with Gasteiger partial charge in [-0.1, -0.05) is 67.6 Å². The predicted molar refractivity (Wildman–Crippen MR) is 144 cm³/mol. The van der Waals surface area contributed by atoms with E-state index in [4.69, 9.17) is 15.6 Å². The minimum atomic E-state index is -0.962. The number of carbonyl (C=O) groups is 1. The largest absolute Gasteiger partial charge is 0.497 e. The first-order valence-corrected chi connectivity index (χ1v) is 11.9. The number of carboxylic acids is 1. The molecule has 1 atom stereocenters. The van der Waals surface area contributed by atoms with E-state index in [0.717, 1.165) is 58.9 Å². The molecule has 1 aliphatic rings. The second-order valence-corrected chi connectivity index (χ2v) is 8.67. The smallest absolute Gasteiger partial charge is 0.328 e. The number of fused-ring (bicyclic) bond motifs is 1. The SMILES string of the molecule is CC/C(=C(\C1=Cc2ccccc2CCC1N)c1ccc(/C=C/C(=O)O)cc1)c1ccc(OC)cc1. The van der Waals surface area contributed by atoms with Gasteiger partial charge in [0.1, 0.15) is 5.75 Å². The van der Waals surface area contributed by atoms with Gasteiger partial charge < -0.3 is 15.6 Å². The third-order valence-corrected chi connectivity index (χ3v) is 6.49. The Bertz CT molecular complexity index is 1280. The van der Waals surface area contributed by atoms with Gasteiger partial charge in [0.15, 0.2) is 0 Å². The van der Waals surface area contributed by atoms with Crippen LogP contribution in [0, 0.1) is 0 Å². The Morgan fingerprint density at radius 3 is 2.37 bits per heavy atom. The van der Waals surface area contributed by atoms with Crippen molar-refractivity contribution in [1.29, 1.82) is 0 Å². The van der Waals surface area contributed by atoms with Crippen molar-refractivity contribution in [2.24, 2.45) is 5.73 Å². The van der Waals surface area contributed by atoms with Crippen molar-refractivity contribution in [3.8, 4) is 5.75 Å². The van der Waals surface area contributed by atoms with E-state index in [-0.39, 0.29) is 6.04 Å². The van der Waals surface area contributed by atoms with Gasteiger partial charge in [-0.05, 0) is 88.1 Å². The summed E-state index contributed by atoms with van der Waals surface area (Å²) in [5.74, 6) is -0.143. The van der Waals surface area contributed by atoms with Gasteiger partial charge >= 0.3 is 5.97 Å². The van der Waals surface area contributed by atoms with Crippen LogP contribution in [-0.2, 0) is 11.2 Å². The topological polar surface area (TPSA) is 72.6 Å². The summed E-state index contributed by atoms with van der Waals surface area (Å²) in [5.41, 5.74) is 15.8. The summed E-state index contributed by atoms with van der Waals surface area (Å²) in [4.78, 5) is 10.9. The zero-order valence-electron chi connectivity index (χ0n) is 20.2. The van der Waals surface area contributed by atoms with Crippen LogP contribution in [0.5, 0.6) is 5.75 Å². The second kappa shape index (κ2) is 11.0. The third kappa shape index (κ3) is 5.61. The number of nitrogens with two attached hydrogens (primary N) is 1. The monoisotopic (exact) mass is 465 g/mol. The van der Waals surface area contributed by atoms with E-state index in [1.165, 1.54) is 16.7 Å². The molecule has 4 nitrogen and oxygen atoms in total. The van der Waals surface area contributed by atoms with Crippen molar-refractivity contribution >= 4 is 29.3 Å². The maximum Gasteiger partial charge on any atom is 0.328 e. The van der Waals surface area contributed by atoms with Crippen LogP contribution in [0.25, 0.3) is 23.3 Å². The normalized spacial score (nSPS) is 16.2. The maximum absolute atomic E-state index is 10.9. The number of hydrogen-bond donors (Lipinski definition) is 2. The van der Waals surface area contributed by atoms with Gasteiger partial charge in [-0.15, -0.1) is 0 Å². The van der Waals surface area contributed by atoms with Crippen molar-refractivity contribution in [3.05, 3.63) is 112 Å². The highest BCUT2D eigenvalue weighted by molar-refractivity contribution is 6.01. The van der Waals surface area contributed by atoms with Crippen LogP contribution >= 0.6 is 0 Å². The number of ether oxygens (including phenoxy) is 1. The molecule has 3 aromatic rings. The summed E-state index contributed by atoms with van der Waals surface area (Å²) in [5, 5.41) is 8.97. The lowest BCUT2D eigenvalue weighted by atomic mass is 9.84. The van der Waals surface area contributed by atoms with Crippen molar-refractivity contribution in [2.75, 3.05) is 7.11 Å². The molecule has 3 N–H and O–H groups in total. The molecule has 0 saturated carbocycles. The average Bonchev–Trinajstić information content (AvgIpc) is 3.05. The molecule has 0 heterocycles. The number of allylic oxidation sites excluding steroid dienone is 1. The number of hydrogen-bond acceptors (Lipinski definition) is 3. The lowest BCUT2D eigenvalue weighted by Crippen LogP contribution is -2.23. The Morgan fingerprint density at radius 1 is 1.03 bits per heavy atom. The third-order valence-electron chi connectivity index (χ3n) is 6.49. The summed E-state index contributed by atoms with van der Waals surface area (Å²) in [6, 6.07) is 24.6. The highest BCUT2D eigenvalue weighted by atomic mass is 16.5. The molecule has 0 bridgehead atoms. The van der Waals surface area contributed by atoms with Gasteiger partial charge in [0, 0.05) is 12.1 Å². The van der Waals surface area contributed by atoms with Crippen molar-refractivity contribution < 1.29 is 14.6 Å². The lowest BCUT2D eigenvalue weighted by Gasteiger charge is -2.23. The number of benzene rings is 3. The Balaban J connectivity index is 1.92. The van der Waals surface area contributed by atoms with Crippen LogP contribution in [0.1, 0.15) is 47.6 Å². The van der Waals surface area contributed by atoms with E-state index in [1.807, 2.05) is 24.3 Å². The summed E-state index contributed by atoms with van der Waals surface area (Å²) < 4.78 is 5.37. The molecule has 0 spiro atoms. The zero-order chi connectivity index (χ0) is 24.8. The molecule has 3 aromatic carbocycles. The van der Waals surface area contributed by atoms with Crippen LogP contribution in [0.2, 0.25) is 0 Å². The first-order chi connectivity index (χ1) is 17.0. The molecule has 4 heteroatoms. The summed E-state index contributed by atoms with van der Waals surface area (Å²) in [7, 11) is 1.67. The molecular weight excluding hydrogens is 434 g/mol. The van der Waals surface area contributed by atoms with Gasteiger partial charge in [0.05, 0.1) is 7.11 Å². The fourth-order valence-electron chi connectivity index (χ4n) is 4.66. The molecule has 178 valence electrons. The first kappa shape index (κ1) is 24.2. The van der Waals surface area contributed by atoms with E-state index in [1.54, 1.807) is 13.2 Å². The van der Waals surface area contributed by atoms with Crippen LogP contribution < -0.4 is 10.5 Å². The lowest BCUT2D eigenvalue weighted by molar-refractivity contribution is -0.131. The average molecular weight is 466 g/mol. The van der Waals surface area contributed by atoms with E-state index in [2.05, 4.69) is 61.5 Å². The highest BCUT2D eigenvalue weighted by Crippen LogP contribution is 2.39. The van der Waals surface area contributed by atoms with Crippen LogP contribution in [0.3, 0.4) is 0 Å². The first-order valence-electron chi connectivity index (χ1n) is 11.9. The van der Waals surface area contributed by atoms with Crippen molar-refractivity contribution in [1.82, 2.24) is 0 Å². The fourth-order valence-corrected chi connectivity index (χ4v) is 4.66. The highest BCUT2D eigenvalue weighted by Gasteiger charge is 2.23. The molecule has 0 fully saturated rings. The zero-order valence-corrected chi connectivity index (χ0v) is 20.2. The summed E-state index contributed by atoms with van der Waals surface area (Å²) in [6.07, 6.45) is 7.64. The molecular formula is C31H31NO3. The Hall–Kier alpha value is -3.89. The summed E-state index contributed by atoms with van der Waals surface area (Å²) >= 11 is 0. The standard InChI is InChI=1S/C31H31NO3/c1-3-27(23-13-16-26(35-2)17-14-23)31(24-11-8-21(9-12-24)10-19-30(33)34)28-20-25-7-5-4-6-22(25)15-18-29(28)32/h4-14,16-17,19-20,29H,3,15,18,32H2,1-2H3,(H,33,34)/b19-10+,31-27+. The van der Waals surface area contributed by atoms with Crippen LogP contribution in [0.15, 0.2) is 84.4 Å². The van der Waals surface area contributed by atoms with Gasteiger partial charge in [0.2, 0.25) is 0 Å². The number of aryl methyl sites for hydroxylation is 1. The quantitative estimate of drug-likeness (QED) is 0.310. The van der Waals surface area contributed by atoms with E-state index in [0.29, 0.717) is 0 Å². The predicted octanol–water partition coefficient (Wildman–Crippen LogP) is 6.47. The number of rotatable bonds is 7. The Morgan fingerprint density at radius 2 is 1.71 bits per heavy atom. The van der Waals surface area contributed by atoms with Crippen molar-refractivity contribution in [2.45, 2.75) is 32.2 Å². The molecule has 0 amide bonds. The number of carboxylic acid groups (broad SMARTS) is 1. The summed E-state index contributed by atoms with van der Waals surface area (Å²) in [6.45, 7) is 2.17. The molecule has 4 rings (SSSR count). The van der Waals surface area contributed by atoms with E-state index in [9.17, 15) is 4.79 Å². The number of aliphatic carboxylic acids is 1.